The van der Waals surface area contributed by atoms with Crippen molar-refractivity contribution in [3.8, 4) is 17.3 Å². The highest BCUT2D eigenvalue weighted by Gasteiger charge is 2.31. The summed E-state index contributed by atoms with van der Waals surface area (Å²) in [6.07, 6.45) is -2.99. The number of fused-ring (bicyclic) bond motifs is 1. The van der Waals surface area contributed by atoms with E-state index in [2.05, 4.69) is 15.3 Å². The molecule has 3 aromatic carbocycles. The second kappa shape index (κ2) is 10.3. The Morgan fingerprint density at radius 3 is 2.58 bits per heavy atom. The molecule has 1 amide bonds. The lowest BCUT2D eigenvalue weighted by Gasteiger charge is -2.10. The van der Waals surface area contributed by atoms with Crippen LogP contribution in [0.3, 0.4) is 0 Å². The van der Waals surface area contributed by atoms with Gasteiger partial charge in [0.2, 0.25) is 5.91 Å². The topological polar surface area (TPSA) is 73.0 Å². The molecule has 0 saturated heterocycles. The third kappa shape index (κ3) is 5.55. The minimum Gasteiger partial charge on any atom is -0.427 e. The van der Waals surface area contributed by atoms with Crippen LogP contribution in [0.1, 0.15) is 23.3 Å². The Morgan fingerprint density at radius 2 is 1.82 bits per heavy atom. The molecule has 0 spiro atoms. The first-order valence-electron chi connectivity index (χ1n) is 11.5. The van der Waals surface area contributed by atoms with Crippen LogP contribution in [0.4, 0.5) is 17.6 Å². The number of hydrogen-bond donors (Lipinski definition) is 1. The number of benzene rings is 3. The van der Waals surface area contributed by atoms with Gasteiger partial charge in [0.15, 0.2) is 0 Å². The van der Waals surface area contributed by atoms with Crippen LogP contribution in [0.2, 0.25) is 5.02 Å². The van der Waals surface area contributed by atoms with Crippen LogP contribution in [0, 0.1) is 5.82 Å². The molecular weight excluding hydrogens is 524 g/mol. The number of aromatic nitrogens is 3. The van der Waals surface area contributed by atoms with Gasteiger partial charge in [0, 0.05) is 30.0 Å². The summed E-state index contributed by atoms with van der Waals surface area (Å²) in [5.41, 5.74) is 1.67. The Morgan fingerprint density at radius 1 is 1.05 bits per heavy atom. The number of amides is 1. The Hall–Kier alpha value is -4.18. The molecule has 1 N–H and O–H groups in total. The first-order valence-corrected chi connectivity index (χ1v) is 11.9. The molecule has 0 aliphatic rings. The van der Waals surface area contributed by atoms with E-state index >= 15 is 0 Å². The monoisotopic (exact) mass is 542 g/mol. The number of nitrogens with one attached hydrogen (secondary N) is 1. The minimum absolute atomic E-state index is 0.00136. The highest BCUT2D eigenvalue weighted by Crippen LogP contribution is 2.31. The van der Waals surface area contributed by atoms with Crippen LogP contribution in [-0.4, -0.2) is 20.4 Å². The Balaban J connectivity index is 1.35. The van der Waals surface area contributed by atoms with Gasteiger partial charge in [-0.15, -0.1) is 0 Å². The van der Waals surface area contributed by atoms with E-state index in [0.717, 1.165) is 28.7 Å². The number of rotatable bonds is 7. The zero-order valence-corrected chi connectivity index (χ0v) is 20.4. The van der Waals surface area contributed by atoms with Gasteiger partial charge in [-0.1, -0.05) is 35.9 Å². The average molecular weight is 543 g/mol. The summed E-state index contributed by atoms with van der Waals surface area (Å²) in [5, 5.41) is 3.08. The van der Waals surface area contributed by atoms with Gasteiger partial charge in [0.1, 0.15) is 23.6 Å². The van der Waals surface area contributed by atoms with Gasteiger partial charge >= 0.3 is 12.2 Å². The standard InChI is InChI=1S/C27H19ClF4N4O2/c28-19-7-5-17(6-8-19)25-23(38-26(35-25)36-15-34-21-3-1-2-4-22(21)36)9-10-24(37)33-14-16-11-18(27(30,31)32)13-20(29)12-16/h1-8,11-13,15H,9-10,14H2,(H,33,37). The number of alkyl halides is 3. The van der Waals surface area contributed by atoms with Crippen molar-refractivity contribution >= 4 is 28.5 Å². The zero-order chi connectivity index (χ0) is 26.9. The smallest absolute Gasteiger partial charge is 0.416 e. The number of carbonyl (C=O) groups excluding carboxylic acids is 1. The summed E-state index contributed by atoms with van der Waals surface area (Å²) in [6.45, 7) is -0.258. The van der Waals surface area contributed by atoms with Crippen LogP contribution in [0.15, 0.2) is 77.5 Å². The molecule has 6 nitrogen and oxygen atoms in total. The molecule has 0 aliphatic heterocycles. The number of hydrogen-bond acceptors (Lipinski definition) is 4. The lowest BCUT2D eigenvalue weighted by Crippen LogP contribution is -2.23. The number of para-hydroxylation sites is 2. The van der Waals surface area contributed by atoms with Crippen LogP contribution in [0.5, 0.6) is 0 Å². The molecule has 0 unspecified atom stereocenters. The van der Waals surface area contributed by atoms with Crippen LogP contribution < -0.4 is 5.32 Å². The molecule has 2 heterocycles. The van der Waals surface area contributed by atoms with Crippen LogP contribution in [0.25, 0.3) is 28.3 Å². The Kier molecular flexibility index (Phi) is 6.90. The molecule has 38 heavy (non-hydrogen) atoms. The van der Waals surface area contributed by atoms with Crippen molar-refractivity contribution in [1.29, 1.82) is 0 Å². The summed E-state index contributed by atoms with van der Waals surface area (Å²) >= 11 is 6.03. The number of imidazole rings is 1. The molecule has 0 bridgehead atoms. The molecule has 0 fully saturated rings. The fourth-order valence-electron chi connectivity index (χ4n) is 3.99. The van der Waals surface area contributed by atoms with E-state index < -0.39 is 23.5 Å². The maximum absolute atomic E-state index is 13.7. The third-order valence-electron chi connectivity index (χ3n) is 5.82. The SMILES string of the molecule is O=C(CCc1oc(-n2cnc3ccccc32)nc1-c1ccc(Cl)cc1)NCc1cc(F)cc(C(F)(F)F)c1. The maximum Gasteiger partial charge on any atom is 0.416 e. The predicted molar refractivity (Wildman–Crippen MR) is 133 cm³/mol. The van der Waals surface area contributed by atoms with E-state index in [-0.39, 0.29) is 31.0 Å². The molecular formula is C27H19ClF4N4O2. The van der Waals surface area contributed by atoms with Gasteiger partial charge in [-0.2, -0.15) is 18.2 Å². The van der Waals surface area contributed by atoms with Crippen molar-refractivity contribution in [2.45, 2.75) is 25.6 Å². The quantitative estimate of drug-likeness (QED) is 0.231. The largest absolute Gasteiger partial charge is 0.427 e. The fourth-order valence-corrected chi connectivity index (χ4v) is 4.11. The lowest BCUT2D eigenvalue weighted by molar-refractivity contribution is -0.137. The van der Waals surface area contributed by atoms with Gasteiger partial charge in [0.25, 0.3) is 0 Å². The highest BCUT2D eigenvalue weighted by molar-refractivity contribution is 6.30. The number of aryl methyl sites for hydroxylation is 1. The maximum atomic E-state index is 13.7. The lowest BCUT2D eigenvalue weighted by atomic mass is 10.1. The van der Waals surface area contributed by atoms with E-state index in [9.17, 15) is 22.4 Å². The number of halogens is 5. The van der Waals surface area contributed by atoms with Crippen molar-refractivity contribution in [1.82, 2.24) is 19.9 Å². The first kappa shape index (κ1) is 25.5. The normalized spacial score (nSPS) is 11.7. The summed E-state index contributed by atoms with van der Waals surface area (Å²) in [6, 6.07) is 16.9. The number of oxazole rings is 1. The van der Waals surface area contributed by atoms with Crippen molar-refractivity contribution in [3.63, 3.8) is 0 Å². The summed E-state index contributed by atoms with van der Waals surface area (Å²) < 4.78 is 60.3. The molecule has 0 atom stereocenters. The van der Waals surface area contributed by atoms with E-state index in [1.807, 2.05) is 24.3 Å². The summed E-state index contributed by atoms with van der Waals surface area (Å²) in [7, 11) is 0. The molecule has 0 aliphatic carbocycles. The molecule has 2 aromatic heterocycles. The highest BCUT2D eigenvalue weighted by atomic mass is 35.5. The van der Waals surface area contributed by atoms with Crippen molar-refractivity contribution in [3.05, 3.63) is 101 Å². The molecule has 194 valence electrons. The van der Waals surface area contributed by atoms with Gasteiger partial charge < -0.3 is 9.73 Å². The van der Waals surface area contributed by atoms with Crippen molar-refractivity contribution < 1.29 is 26.8 Å². The van der Waals surface area contributed by atoms with Gasteiger partial charge in [-0.05, 0) is 48.0 Å². The Bertz CT molecular complexity index is 1610. The van der Waals surface area contributed by atoms with Crippen LogP contribution in [-0.2, 0) is 23.9 Å². The van der Waals surface area contributed by atoms with E-state index in [1.165, 1.54) is 0 Å². The minimum atomic E-state index is -4.69. The Labute approximate surface area is 218 Å². The van der Waals surface area contributed by atoms with Gasteiger partial charge in [-0.25, -0.2) is 9.37 Å². The third-order valence-corrected chi connectivity index (χ3v) is 6.07. The first-order chi connectivity index (χ1) is 18.2. The van der Waals surface area contributed by atoms with Gasteiger partial charge in [0.05, 0.1) is 16.6 Å². The van der Waals surface area contributed by atoms with Crippen LogP contribution >= 0.6 is 11.6 Å². The predicted octanol–water partition coefficient (Wildman–Crippen LogP) is 6.74. The van der Waals surface area contributed by atoms with E-state index in [1.54, 1.807) is 35.2 Å². The molecule has 5 aromatic rings. The molecule has 0 radical (unpaired) electrons. The average Bonchev–Trinajstić information content (AvgIpc) is 3.50. The summed E-state index contributed by atoms with van der Waals surface area (Å²) in [4.78, 5) is 21.5. The van der Waals surface area contributed by atoms with E-state index in [4.69, 9.17) is 16.0 Å². The second-order valence-corrected chi connectivity index (χ2v) is 8.94. The second-order valence-electron chi connectivity index (χ2n) is 8.50. The molecule has 0 saturated carbocycles. The fraction of sp³-hybridized carbons (Fsp3) is 0.148. The van der Waals surface area contributed by atoms with Crippen molar-refractivity contribution in [2.24, 2.45) is 0 Å². The summed E-state index contributed by atoms with van der Waals surface area (Å²) in [5.74, 6) is -1.05. The molecule has 11 heteroatoms. The van der Waals surface area contributed by atoms with E-state index in [0.29, 0.717) is 22.5 Å². The van der Waals surface area contributed by atoms with Gasteiger partial charge in [-0.3, -0.25) is 9.36 Å². The zero-order valence-electron chi connectivity index (χ0n) is 19.6. The van der Waals surface area contributed by atoms with Crippen molar-refractivity contribution in [2.75, 3.05) is 0 Å². The number of nitrogens with zero attached hydrogens (tertiary/aromatic N) is 3. The molecule has 5 rings (SSSR count). The number of carbonyl (C=O) groups is 1.